The molecule has 0 spiro atoms. The van der Waals surface area contributed by atoms with Gasteiger partial charge in [-0.1, -0.05) is 140 Å². The molecule has 2 heteroatoms. The molecule has 0 amide bonds. The third kappa shape index (κ3) is 5.11. The molecular formula is C48H37OS+. The summed E-state index contributed by atoms with van der Waals surface area (Å²) >= 11 is 0. The van der Waals surface area contributed by atoms with Gasteiger partial charge in [0.25, 0.3) is 0 Å². The van der Waals surface area contributed by atoms with Crippen LogP contribution in [0.1, 0.15) is 20.8 Å². The fraction of sp³-hybridized carbons (Fsp3) is 0.0833. The molecular weight excluding hydrogens is 625 g/mol. The minimum atomic E-state index is -0.267. The lowest BCUT2D eigenvalue weighted by Crippen LogP contribution is -2.28. The number of hydrogen-bond donors (Lipinski definition) is 0. The maximum Gasteiger partial charge on any atom is 0.204 e. The highest BCUT2D eigenvalue weighted by Gasteiger charge is 2.42. The van der Waals surface area contributed by atoms with E-state index >= 15 is 0 Å². The van der Waals surface area contributed by atoms with Crippen LogP contribution in [0.25, 0.3) is 76.9 Å². The summed E-state index contributed by atoms with van der Waals surface area (Å²) in [6, 6.07) is 61.9. The van der Waals surface area contributed by atoms with Crippen LogP contribution in [0, 0.1) is 0 Å². The molecule has 1 nitrogen and oxygen atoms in total. The molecule has 1 atom stereocenters. The quantitative estimate of drug-likeness (QED) is 0.132. The van der Waals surface area contributed by atoms with Gasteiger partial charge in [-0.3, -0.25) is 0 Å². The molecule has 0 aliphatic heterocycles. The second-order valence-electron chi connectivity index (χ2n) is 14.0. The molecule has 0 aliphatic rings. The van der Waals surface area contributed by atoms with Gasteiger partial charge in [-0.15, -0.1) is 0 Å². The standard InChI is InChI=1S/C48H37OS/c1-48(2,3)50(36-18-8-5-9-19-36)44-31-35(30-42-37-20-14-15-25-43(37)49-47(42)44)46-40-23-12-10-21-38(40)45(39-22-11-13-24-41(39)46)34-28-26-33(27-29-34)32-16-6-4-7-17-32/h4-31H,1-3H3/q+1. The van der Waals surface area contributed by atoms with E-state index in [2.05, 4.69) is 191 Å². The van der Waals surface area contributed by atoms with E-state index in [1.54, 1.807) is 0 Å². The summed E-state index contributed by atoms with van der Waals surface area (Å²) in [4.78, 5) is 2.57. The Hall–Kier alpha value is -5.57. The Balaban J connectivity index is 1.35. The Bertz CT molecular complexity index is 2610. The first-order chi connectivity index (χ1) is 24.5. The van der Waals surface area contributed by atoms with Crippen molar-refractivity contribution in [1.29, 1.82) is 0 Å². The minimum Gasteiger partial charge on any atom is -0.451 e. The lowest BCUT2D eigenvalue weighted by atomic mass is 9.85. The minimum absolute atomic E-state index is 0.0359. The molecule has 0 N–H and O–H groups in total. The van der Waals surface area contributed by atoms with Gasteiger partial charge in [-0.2, -0.15) is 0 Å². The predicted molar refractivity (Wildman–Crippen MR) is 215 cm³/mol. The predicted octanol–water partition coefficient (Wildman–Crippen LogP) is 13.7. The van der Waals surface area contributed by atoms with Crippen LogP contribution in [0.5, 0.6) is 0 Å². The zero-order valence-corrected chi connectivity index (χ0v) is 29.3. The van der Waals surface area contributed by atoms with Gasteiger partial charge in [-0.25, -0.2) is 0 Å². The summed E-state index contributed by atoms with van der Waals surface area (Å²) in [6.45, 7) is 7.06. The van der Waals surface area contributed by atoms with Gasteiger partial charge in [0, 0.05) is 16.8 Å². The van der Waals surface area contributed by atoms with Gasteiger partial charge in [0.2, 0.25) is 4.90 Å². The van der Waals surface area contributed by atoms with E-state index in [0.717, 1.165) is 16.6 Å². The van der Waals surface area contributed by atoms with Crippen molar-refractivity contribution in [3.05, 3.63) is 170 Å². The highest BCUT2D eigenvalue weighted by Crippen LogP contribution is 2.48. The average molecular weight is 662 g/mol. The highest BCUT2D eigenvalue weighted by atomic mass is 32.2. The second kappa shape index (κ2) is 12.1. The van der Waals surface area contributed by atoms with Gasteiger partial charge >= 0.3 is 0 Å². The van der Waals surface area contributed by atoms with Crippen molar-refractivity contribution >= 4 is 54.4 Å². The van der Waals surface area contributed by atoms with Gasteiger partial charge < -0.3 is 4.42 Å². The van der Waals surface area contributed by atoms with E-state index < -0.39 is 0 Å². The van der Waals surface area contributed by atoms with E-state index in [0.29, 0.717) is 0 Å². The monoisotopic (exact) mass is 661 g/mol. The average Bonchev–Trinajstić information content (AvgIpc) is 3.53. The molecule has 0 fully saturated rings. The second-order valence-corrected chi connectivity index (χ2v) is 16.7. The van der Waals surface area contributed by atoms with Gasteiger partial charge in [-0.05, 0) is 100.0 Å². The maximum absolute atomic E-state index is 6.77. The van der Waals surface area contributed by atoms with Gasteiger partial charge in [0.1, 0.15) is 10.3 Å². The van der Waals surface area contributed by atoms with Crippen LogP contribution in [0.3, 0.4) is 0 Å². The summed E-state index contributed by atoms with van der Waals surface area (Å²) < 4.78 is 6.74. The van der Waals surface area contributed by atoms with E-state index in [4.69, 9.17) is 4.42 Å². The molecule has 1 unspecified atom stereocenters. The molecule has 9 rings (SSSR count). The summed E-state index contributed by atoms with van der Waals surface area (Å²) in [5, 5.41) is 7.33. The number of benzene rings is 8. The number of furan rings is 1. The Morgan fingerprint density at radius 1 is 0.400 bits per heavy atom. The third-order valence-corrected chi connectivity index (χ3v) is 12.5. The number of para-hydroxylation sites is 1. The first-order valence-electron chi connectivity index (χ1n) is 17.3. The maximum atomic E-state index is 6.77. The third-order valence-electron chi connectivity index (χ3n) is 9.76. The van der Waals surface area contributed by atoms with Gasteiger partial charge in [0.15, 0.2) is 10.5 Å². The highest BCUT2D eigenvalue weighted by molar-refractivity contribution is 7.98. The topological polar surface area (TPSA) is 13.1 Å². The molecule has 9 aromatic rings. The SMILES string of the molecule is CC(C)(C)[S+](c1ccccc1)c1cc(-c2c3ccccc3c(-c3ccc(-c4ccccc4)cc3)c3ccccc23)cc2c1oc1ccccc12. The van der Waals surface area contributed by atoms with Crippen molar-refractivity contribution in [3.63, 3.8) is 0 Å². The summed E-state index contributed by atoms with van der Waals surface area (Å²) in [6.07, 6.45) is 0. The van der Waals surface area contributed by atoms with Crippen LogP contribution in [0.2, 0.25) is 0 Å². The summed E-state index contributed by atoms with van der Waals surface area (Å²) in [7, 11) is -0.267. The van der Waals surface area contributed by atoms with E-state index in [-0.39, 0.29) is 15.6 Å². The van der Waals surface area contributed by atoms with E-state index in [1.807, 2.05) is 0 Å². The fourth-order valence-electron chi connectivity index (χ4n) is 7.67. The smallest absolute Gasteiger partial charge is 0.204 e. The molecule has 0 aliphatic carbocycles. The first kappa shape index (κ1) is 30.5. The number of rotatable bonds is 5. The Kier molecular flexibility index (Phi) is 7.37. The lowest BCUT2D eigenvalue weighted by Gasteiger charge is -2.22. The molecule has 240 valence electrons. The Morgan fingerprint density at radius 3 is 1.44 bits per heavy atom. The first-order valence-corrected chi connectivity index (χ1v) is 18.5. The molecule has 1 aromatic heterocycles. The van der Waals surface area contributed by atoms with E-state index in [9.17, 15) is 0 Å². The van der Waals surface area contributed by atoms with Crippen molar-refractivity contribution in [2.75, 3.05) is 0 Å². The molecule has 0 saturated carbocycles. The zero-order valence-electron chi connectivity index (χ0n) is 28.5. The van der Waals surface area contributed by atoms with Crippen LogP contribution < -0.4 is 0 Å². The van der Waals surface area contributed by atoms with Crippen LogP contribution in [0.15, 0.2) is 184 Å². The number of hydrogen-bond acceptors (Lipinski definition) is 1. The lowest BCUT2D eigenvalue weighted by molar-refractivity contribution is 0.658. The van der Waals surface area contributed by atoms with Crippen LogP contribution in [-0.4, -0.2) is 4.75 Å². The van der Waals surface area contributed by atoms with Gasteiger partial charge in [0.05, 0.1) is 10.9 Å². The van der Waals surface area contributed by atoms with E-state index in [1.165, 1.54) is 70.1 Å². The van der Waals surface area contributed by atoms with Crippen LogP contribution >= 0.6 is 0 Å². The Morgan fingerprint density at radius 2 is 0.860 bits per heavy atom. The zero-order chi connectivity index (χ0) is 33.8. The van der Waals surface area contributed by atoms with Crippen molar-refractivity contribution in [2.45, 2.75) is 35.3 Å². The van der Waals surface area contributed by atoms with Crippen LogP contribution in [0.4, 0.5) is 0 Å². The van der Waals surface area contributed by atoms with Crippen LogP contribution in [-0.2, 0) is 10.9 Å². The molecule has 8 aromatic carbocycles. The number of fused-ring (bicyclic) bond motifs is 5. The van der Waals surface area contributed by atoms with Crippen molar-refractivity contribution in [1.82, 2.24) is 0 Å². The molecule has 0 radical (unpaired) electrons. The summed E-state index contributed by atoms with van der Waals surface area (Å²) in [5.41, 5.74) is 9.34. The summed E-state index contributed by atoms with van der Waals surface area (Å²) in [5.74, 6) is 0. The Labute approximate surface area is 296 Å². The molecule has 0 bridgehead atoms. The largest absolute Gasteiger partial charge is 0.451 e. The molecule has 1 heterocycles. The van der Waals surface area contributed by atoms with Crippen molar-refractivity contribution in [2.24, 2.45) is 0 Å². The van der Waals surface area contributed by atoms with Crippen molar-refractivity contribution in [3.8, 4) is 33.4 Å². The normalized spacial score (nSPS) is 12.6. The molecule has 50 heavy (non-hydrogen) atoms. The fourth-order valence-corrected chi connectivity index (χ4v) is 10.3. The molecule has 0 saturated heterocycles. The van der Waals surface area contributed by atoms with Crippen molar-refractivity contribution < 1.29 is 4.42 Å².